The van der Waals surface area contributed by atoms with Gasteiger partial charge in [-0.2, -0.15) is 0 Å². The Balaban J connectivity index is 1.94. The zero-order valence-corrected chi connectivity index (χ0v) is 11.4. The van der Waals surface area contributed by atoms with Crippen LogP contribution in [0.5, 0.6) is 0 Å². The molecular formula is C13H22N2O4. The SMILES string of the molecule is COCCN(C(=O)N1CCC[C@H](C(=O)O)C1)C1CC1. The fourth-order valence-corrected chi connectivity index (χ4v) is 2.54. The highest BCUT2D eigenvalue weighted by atomic mass is 16.5. The maximum Gasteiger partial charge on any atom is 0.320 e. The summed E-state index contributed by atoms with van der Waals surface area (Å²) in [7, 11) is 1.62. The zero-order chi connectivity index (χ0) is 13.8. The molecule has 0 aromatic rings. The topological polar surface area (TPSA) is 70.1 Å². The van der Waals surface area contributed by atoms with Crippen LogP contribution >= 0.6 is 0 Å². The van der Waals surface area contributed by atoms with Gasteiger partial charge in [-0.3, -0.25) is 4.79 Å². The van der Waals surface area contributed by atoms with Crippen LogP contribution in [0, 0.1) is 5.92 Å². The predicted molar refractivity (Wildman–Crippen MR) is 68.9 cm³/mol. The minimum absolute atomic E-state index is 0.0227. The third-order valence-corrected chi connectivity index (χ3v) is 3.81. The molecule has 0 spiro atoms. The lowest BCUT2D eigenvalue weighted by Crippen LogP contribution is -2.50. The first-order chi connectivity index (χ1) is 9.13. The standard InChI is InChI=1S/C13H22N2O4/c1-19-8-7-15(11-4-5-11)13(18)14-6-2-3-10(9-14)12(16)17/h10-11H,2-9H2,1H3,(H,16,17)/t10-/m0/s1. The second-order valence-electron chi connectivity index (χ2n) is 5.32. The Kier molecular flexibility index (Phi) is 4.63. The molecule has 1 heterocycles. The van der Waals surface area contributed by atoms with E-state index in [0.717, 1.165) is 19.3 Å². The van der Waals surface area contributed by atoms with Crippen LogP contribution in [-0.2, 0) is 9.53 Å². The molecule has 0 radical (unpaired) electrons. The minimum atomic E-state index is -0.799. The molecule has 6 nitrogen and oxygen atoms in total. The van der Waals surface area contributed by atoms with Gasteiger partial charge in [-0.1, -0.05) is 0 Å². The fraction of sp³-hybridized carbons (Fsp3) is 0.846. The molecule has 0 bridgehead atoms. The molecule has 6 heteroatoms. The van der Waals surface area contributed by atoms with Crippen LogP contribution in [-0.4, -0.2) is 66.3 Å². The normalized spacial score (nSPS) is 23.2. The molecule has 108 valence electrons. The van der Waals surface area contributed by atoms with Crippen LogP contribution < -0.4 is 0 Å². The van der Waals surface area contributed by atoms with Gasteiger partial charge < -0.3 is 19.6 Å². The molecule has 1 saturated carbocycles. The number of hydrogen-bond acceptors (Lipinski definition) is 3. The zero-order valence-electron chi connectivity index (χ0n) is 11.4. The van der Waals surface area contributed by atoms with Gasteiger partial charge in [0, 0.05) is 32.8 Å². The maximum absolute atomic E-state index is 12.5. The summed E-state index contributed by atoms with van der Waals surface area (Å²) in [6.45, 7) is 2.12. The van der Waals surface area contributed by atoms with Crippen molar-refractivity contribution >= 4 is 12.0 Å². The highest BCUT2D eigenvalue weighted by molar-refractivity contribution is 5.77. The van der Waals surface area contributed by atoms with E-state index in [4.69, 9.17) is 9.84 Å². The number of rotatable bonds is 5. The Bertz CT molecular complexity index is 344. The molecule has 1 aliphatic carbocycles. The number of hydrogen-bond donors (Lipinski definition) is 1. The molecule has 2 aliphatic rings. The van der Waals surface area contributed by atoms with Gasteiger partial charge in [-0.25, -0.2) is 4.79 Å². The Labute approximate surface area is 113 Å². The summed E-state index contributed by atoms with van der Waals surface area (Å²) >= 11 is 0. The number of carbonyl (C=O) groups is 2. The van der Waals surface area contributed by atoms with Crippen molar-refractivity contribution in [3.8, 4) is 0 Å². The van der Waals surface area contributed by atoms with Crippen LogP contribution in [0.15, 0.2) is 0 Å². The Hall–Kier alpha value is -1.30. The van der Waals surface area contributed by atoms with Gasteiger partial charge in [0.25, 0.3) is 0 Å². The van der Waals surface area contributed by atoms with Crippen molar-refractivity contribution < 1.29 is 19.4 Å². The Morgan fingerprint density at radius 1 is 1.37 bits per heavy atom. The molecule has 1 atom stereocenters. The van der Waals surface area contributed by atoms with Gasteiger partial charge in [0.15, 0.2) is 0 Å². The summed E-state index contributed by atoms with van der Waals surface area (Å²) in [5.41, 5.74) is 0. The van der Waals surface area contributed by atoms with Gasteiger partial charge in [0.1, 0.15) is 0 Å². The number of piperidine rings is 1. The number of methoxy groups -OCH3 is 1. The van der Waals surface area contributed by atoms with Crippen molar-refractivity contribution in [3.05, 3.63) is 0 Å². The van der Waals surface area contributed by atoms with Gasteiger partial charge >= 0.3 is 12.0 Å². The number of ether oxygens (including phenoxy) is 1. The van der Waals surface area contributed by atoms with E-state index in [0.29, 0.717) is 38.7 Å². The summed E-state index contributed by atoms with van der Waals surface area (Å²) in [6, 6.07) is 0.304. The predicted octanol–water partition coefficient (Wildman–Crippen LogP) is 1.01. The van der Waals surface area contributed by atoms with Gasteiger partial charge in [-0.05, 0) is 25.7 Å². The second-order valence-corrected chi connectivity index (χ2v) is 5.32. The van der Waals surface area contributed by atoms with E-state index in [9.17, 15) is 9.59 Å². The minimum Gasteiger partial charge on any atom is -0.481 e. The van der Waals surface area contributed by atoms with Crippen LogP contribution in [0.3, 0.4) is 0 Å². The van der Waals surface area contributed by atoms with Crippen molar-refractivity contribution in [2.45, 2.75) is 31.7 Å². The van der Waals surface area contributed by atoms with Gasteiger partial charge in [0.2, 0.25) is 0 Å². The number of urea groups is 1. The average molecular weight is 270 g/mol. The van der Waals surface area contributed by atoms with E-state index in [2.05, 4.69) is 0 Å². The summed E-state index contributed by atoms with van der Waals surface area (Å²) in [4.78, 5) is 27.0. The molecule has 2 amide bonds. The lowest BCUT2D eigenvalue weighted by molar-refractivity contribution is -0.143. The molecule has 0 aromatic carbocycles. The summed E-state index contributed by atoms with van der Waals surface area (Å²) in [5, 5.41) is 9.07. The van der Waals surface area contributed by atoms with Crippen LogP contribution in [0.4, 0.5) is 4.79 Å². The molecule has 1 N–H and O–H groups in total. The number of carboxylic acids is 1. The first-order valence-electron chi connectivity index (χ1n) is 6.90. The Morgan fingerprint density at radius 3 is 2.68 bits per heavy atom. The molecule has 2 fully saturated rings. The molecule has 0 unspecified atom stereocenters. The molecule has 19 heavy (non-hydrogen) atoms. The molecule has 1 aliphatic heterocycles. The lowest BCUT2D eigenvalue weighted by atomic mass is 9.98. The Morgan fingerprint density at radius 2 is 2.11 bits per heavy atom. The number of nitrogens with zero attached hydrogens (tertiary/aromatic N) is 2. The van der Waals surface area contributed by atoms with Crippen molar-refractivity contribution in [2.75, 3.05) is 33.4 Å². The maximum atomic E-state index is 12.5. The van der Waals surface area contributed by atoms with Crippen LogP contribution in [0.2, 0.25) is 0 Å². The van der Waals surface area contributed by atoms with Crippen molar-refractivity contribution in [2.24, 2.45) is 5.92 Å². The van der Waals surface area contributed by atoms with Gasteiger partial charge in [-0.15, -0.1) is 0 Å². The van der Waals surface area contributed by atoms with Crippen molar-refractivity contribution in [3.63, 3.8) is 0 Å². The van der Waals surface area contributed by atoms with Crippen LogP contribution in [0.1, 0.15) is 25.7 Å². The number of amides is 2. The van der Waals surface area contributed by atoms with Crippen molar-refractivity contribution in [1.82, 2.24) is 9.80 Å². The largest absolute Gasteiger partial charge is 0.481 e. The molecular weight excluding hydrogens is 248 g/mol. The van der Waals surface area contributed by atoms with Crippen molar-refractivity contribution in [1.29, 1.82) is 0 Å². The van der Waals surface area contributed by atoms with Gasteiger partial charge in [0.05, 0.1) is 12.5 Å². The number of aliphatic carboxylic acids is 1. The lowest BCUT2D eigenvalue weighted by Gasteiger charge is -2.35. The average Bonchev–Trinajstić information content (AvgIpc) is 3.23. The third kappa shape index (κ3) is 3.59. The fourth-order valence-electron chi connectivity index (χ4n) is 2.54. The number of likely N-dealkylation sites (tertiary alicyclic amines) is 1. The van der Waals surface area contributed by atoms with E-state index in [1.54, 1.807) is 12.0 Å². The first kappa shape index (κ1) is 14.1. The third-order valence-electron chi connectivity index (χ3n) is 3.81. The first-order valence-corrected chi connectivity index (χ1v) is 6.90. The monoisotopic (exact) mass is 270 g/mol. The van der Waals surface area contributed by atoms with E-state index in [1.165, 1.54) is 0 Å². The summed E-state index contributed by atoms with van der Waals surface area (Å²) < 4.78 is 5.04. The molecule has 0 aromatic heterocycles. The summed E-state index contributed by atoms with van der Waals surface area (Å²) in [6.07, 6.45) is 3.53. The van der Waals surface area contributed by atoms with E-state index in [-0.39, 0.29) is 6.03 Å². The van der Waals surface area contributed by atoms with E-state index < -0.39 is 11.9 Å². The number of carboxylic acid groups (broad SMARTS) is 1. The smallest absolute Gasteiger partial charge is 0.320 e. The molecule has 1 saturated heterocycles. The highest BCUT2D eigenvalue weighted by Crippen LogP contribution is 2.28. The quantitative estimate of drug-likeness (QED) is 0.809. The second kappa shape index (κ2) is 6.23. The molecule has 2 rings (SSSR count). The number of carbonyl (C=O) groups excluding carboxylic acids is 1. The summed E-state index contributed by atoms with van der Waals surface area (Å²) in [5.74, 6) is -1.21. The van der Waals surface area contributed by atoms with E-state index >= 15 is 0 Å². The van der Waals surface area contributed by atoms with E-state index in [1.807, 2.05) is 4.90 Å². The van der Waals surface area contributed by atoms with Crippen LogP contribution in [0.25, 0.3) is 0 Å². The highest BCUT2D eigenvalue weighted by Gasteiger charge is 2.36.